The summed E-state index contributed by atoms with van der Waals surface area (Å²) in [7, 11) is 0. The predicted molar refractivity (Wildman–Crippen MR) is 44.3 cm³/mol. The van der Waals surface area contributed by atoms with E-state index in [9.17, 15) is 0 Å². The summed E-state index contributed by atoms with van der Waals surface area (Å²) in [6, 6.07) is 2.11. The molecule has 0 radical (unpaired) electrons. The van der Waals surface area contributed by atoms with Crippen molar-refractivity contribution in [2.45, 2.75) is 6.42 Å². The third kappa shape index (κ3) is 2.84. The topological polar surface area (TPSA) is 26.0 Å². The highest BCUT2D eigenvalue weighted by molar-refractivity contribution is 7.07. The zero-order chi connectivity index (χ0) is 5.82. The molecule has 0 aliphatic rings. The summed E-state index contributed by atoms with van der Waals surface area (Å²) in [5.41, 5.74) is 6.68. The van der Waals surface area contributed by atoms with Gasteiger partial charge in [-0.25, -0.2) is 0 Å². The van der Waals surface area contributed by atoms with Crippen LogP contribution in [0.5, 0.6) is 0 Å². The highest BCUT2D eigenvalue weighted by atomic mass is 35.5. The molecule has 3 heteroatoms. The van der Waals surface area contributed by atoms with Gasteiger partial charge in [-0.05, 0) is 35.4 Å². The zero-order valence-electron chi connectivity index (χ0n) is 5.04. The van der Waals surface area contributed by atoms with Gasteiger partial charge in [0, 0.05) is 0 Å². The highest BCUT2D eigenvalue weighted by Gasteiger charge is 1.86. The monoisotopic (exact) mass is 163 g/mol. The second kappa shape index (κ2) is 4.79. The van der Waals surface area contributed by atoms with Crippen LogP contribution in [0.3, 0.4) is 0 Å². The van der Waals surface area contributed by atoms with E-state index in [-0.39, 0.29) is 12.4 Å². The van der Waals surface area contributed by atoms with E-state index in [2.05, 4.69) is 16.8 Å². The molecule has 0 fully saturated rings. The van der Waals surface area contributed by atoms with Gasteiger partial charge < -0.3 is 5.73 Å². The largest absolute Gasteiger partial charge is 0.330 e. The summed E-state index contributed by atoms with van der Waals surface area (Å²) in [5.74, 6) is 0. The lowest BCUT2D eigenvalue weighted by atomic mass is 10.2. The van der Waals surface area contributed by atoms with Gasteiger partial charge in [-0.2, -0.15) is 11.3 Å². The second-order valence-corrected chi connectivity index (χ2v) is 2.45. The normalized spacial score (nSPS) is 8.56. The quantitative estimate of drug-likeness (QED) is 0.706. The molecule has 1 nitrogen and oxygen atoms in total. The van der Waals surface area contributed by atoms with Crippen molar-refractivity contribution in [3.8, 4) is 0 Å². The number of thiophene rings is 1. The van der Waals surface area contributed by atoms with Crippen molar-refractivity contribution < 1.29 is 0 Å². The molecule has 0 bridgehead atoms. The summed E-state index contributed by atoms with van der Waals surface area (Å²) in [4.78, 5) is 0. The SMILES string of the molecule is Cl.NCCc1ccsc1. The lowest BCUT2D eigenvalue weighted by Gasteiger charge is -1.86. The van der Waals surface area contributed by atoms with Gasteiger partial charge in [-0.1, -0.05) is 0 Å². The van der Waals surface area contributed by atoms with Gasteiger partial charge in [0.05, 0.1) is 0 Å². The molecule has 1 heterocycles. The van der Waals surface area contributed by atoms with E-state index in [1.54, 1.807) is 11.3 Å². The predicted octanol–water partition coefficient (Wildman–Crippen LogP) is 1.67. The summed E-state index contributed by atoms with van der Waals surface area (Å²) in [5, 5.41) is 4.21. The van der Waals surface area contributed by atoms with Crippen LogP contribution in [0.1, 0.15) is 5.56 Å². The Hall–Kier alpha value is -0.0500. The molecule has 0 aromatic carbocycles. The standard InChI is InChI=1S/C6H9NS.ClH/c7-3-1-6-2-4-8-5-6;/h2,4-5H,1,3,7H2;1H. The van der Waals surface area contributed by atoms with Gasteiger partial charge in [0.1, 0.15) is 0 Å². The minimum Gasteiger partial charge on any atom is -0.330 e. The molecule has 1 aromatic heterocycles. The van der Waals surface area contributed by atoms with Crippen molar-refractivity contribution in [2.75, 3.05) is 6.54 Å². The van der Waals surface area contributed by atoms with Gasteiger partial charge in [-0.3, -0.25) is 0 Å². The average Bonchev–Trinajstić information content (AvgIpc) is 2.19. The van der Waals surface area contributed by atoms with Gasteiger partial charge in [0.2, 0.25) is 0 Å². The number of hydrogen-bond acceptors (Lipinski definition) is 2. The molecule has 0 saturated heterocycles. The zero-order valence-corrected chi connectivity index (χ0v) is 6.67. The van der Waals surface area contributed by atoms with Crippen molar-refractivity contribution in [1.82, 2.24) is 0 Å². The van der Waals surface area contributed by atoms with Crippen LogP contribution < -0.4 is 5.73 Å². The van der Waals surface area contributed by atoms with Gasteiger partial charge in [0.15, 0.2) is 0 Å². The van der Waals surface area contributed by atoms with Crippen molar-refractivity contribution in [1.29, 1.82) is 0 Å². The molecule has 1 aromatic rings. The van der Waals surface area contributed by atoms with Crippen LogP contribution in [0.2, 0.25) is 0 Å². The molecule has 0 spiro atoms. The first kappa shape index (κ1) is 8.95. The fraction of sp³-hybridized carbons (Fsp3) is 0.333. The third-order valence-electron chi connectivity index (χ3n) is 1.01. The number of halogens is 1. The molecule has 9 heavy (non-hydrogen) atoms. The van der Waals surface area contributed by atoms with Gasteiger partial charge >= 0.3 is 0 Å². The Kier molecular flexibility index (Phi) is 4.77. The Morgan fingerprint density at radius 2 is 2.33 bits per heavy atom. The van der Waals surface area contributed by atoms with E-state index in [1.165, 1.54) is 5.56 Å². The molecule has 0 aliphatic heterocycles. The van der Waals surface area contributed by atoms with Crippen LogP contribution >= 0.6 is 23.7 Å². The number of hydrogen-bond donors (Lipinski definition) is 1. The van der Waals surface area contributed by atoms with Gasteiger partial charge in [0.25, 0.3) is 0 Å². The van der Waals surface area contributed by atoms with Crippen molar-refractivity contribution in [3.63, 3.8) is 0 Å². The van der Waals surface area contributed by atoms with E-state index in [4.69, 9.17) is 5.73 Å². The first-order valence-corrected chi connectivity index (χ1v) is 3.59. The number of rotatable bonds is 2. The summed E-state index contributed by atoms with van der Waals surface area (Å²) in [6.45, 7) is 0.761. The van der Waals surface area contributed by atoms with E-state index in [1.807, 2.05) is 0 Å². The van der Waals surface area contributed by atoms with Crippen molar-refractivity contribution >= 4 is 23.7 Å². The molecular weight excluding hydrogens is 154 g/mol. The van der Waals surface area contributed by atoms with Crippen LogP contribution in [-0.4, -0.2) is 6.54 Å². The lowest BCUT2D eigenvalue weighted by molar-refractivity contribution is 0.974. The molecule has 0 saturated carbocycles. The Morgan fingerprint density at radius 1 is 1.56 bits per heavy atom. The summed E-state index contributed by atoms with van der Waals surface area (Å²) in [6.07, 6.45) is 1.02. The van der Waals surface area contributed by atoms with Crippen LogP contribution in [-0.2, 0) is 6.42 Å². The fourth-order valence-corrected chi connectivity index (χ4v) is 1.30. The summed E-state index contributed by atoms with van der Waals surface area (Å²) >= 11 is 1.72. The van der Waals surface area contributed by atoms with Crippen LogP contribution in [0.4, 0.5) is 0 Å². The van der Waals surface area contributed by atoms with E-state index in [0.717, 1.165) is 13.0 Å². The Balaban J connectivity index is 0.000000640. The molecule has 1 rings (SSSR count). The first-order valence-electron chi connectivity index (χ1n) is 2.64. The van der Waals surface area contributed by atoms with Crippen LogP contribution in [0.15, 0.2) is 16.8 Å². The maximum Gasteiger partial charge on any atom is -0.00364 e. The maximum absolute atomic E-state index is 5.32. The molecular formula is C6H10ClNS. The average molecular weight is 164 g/mol. The maximum atomic E-state index is 5.32. The molecule has 0 amide bonds. The lowest BCUT2D eigenvalue weighted by Crippen LogP contribution is -2.00. The van der Waals surface area contributed by atoms with Gasteiger partial charge in [-0.15, -0.1) is 12.4 Å². The Morgan fingerprint density at radius 3 is 2.78 bits per heavy atom. The van der Waals surface area contributed by atoms with Crippen molar-refractivity contribution in [3.05, 3.63) is 22.4 Å². The second-order valence-electron chi connectivity index (χ2n) is 1.67. The molecule has 2 N–H and O–H groups in total. The van der Waals surface area contributed by atoms with E-state index >= 15 is 0 Å². The molecule has 52 valence electrons. The molecule has 0 unspecified atom stereocenters. The number of nitrogens with two attached hydrogens (primary N) is 1. The smallest absolute Gasteiger partial charge is 0.00364 e. The first-order chi connectivity index (χ1) is 3.93. The Labute approximate surface area is 65.3 Å². The Bertz CT molecular complexity index is 139. The molecule has 0 aliphatic carbocycles. The van der Waals surface area contributed by atoms with E-state index < -0.39 is 0 Å². The minimum absolute atomic E-state index is 0. The fourth-order valence-electron chi connectivity index (χ4n) is 0.602. The van der Waals surface area contributed by atoms with Crippen molar-refractivity contribution in [2.24, 2.45) is 5.73 Å². The third-order valence-corrected chi connectivity index (χ3v) is 1.75. The summed E-state index contributed by atoms with van der Waals surface area (Å²) < 4.78 is 0. The highest BCUT2D eigenvalue weighted by Crippen LogP contribution is 2.04. The van der Waals surface area contributed by atoms with Crippen LogP contribution in [0.25, 0.3) is 0 Å². The van der Waals surface area contributed by atoms with Crippen LogP contribution in [0, 0.1) is 0 Å². The minimum atomic E-state index is 0. The molecule has 0 atom stereocenters. The van der Waals surface area contributed by atoms with E-state index in [0.29, 0.717) is 0 Å².